The molecule has 0 saturated heterocycles. The number of amides is 1. The molecule has 2 unspecified atom stereocenters. The quantitative estimate of drug-likeness (QED) is 0.308. The first-order valence-electron chi connectivity index (χ1n) is 11.0. The highest BCUT2D eigenvalue weighted by atomic mass is 35.5. The minimum atomic E-state index is -5.11. The second kappa shape index (κ2) is 9.60. The molecule has 0 bridgehead atoms. The summed E-state index contributed by atoms with van der Waals surface area (Å²) >= 11 is 6.42. The van der Waals surface area contributed by atoms with Gasteiger partial charge in [-0.1, -0.05) is 48.9 Å². The molecule has 7 nitrogen and oxygen atoms in total. The summed E-state index contributed by atoms with van der Waals surface area (Å²) in [7, 11) is 1.41. The van der Waals surface area contributed by atoms with Gasteiger partial charge in [-0.15, -0.1) is 0 Å². The van der Waals surface area contributed by atoms with Gasteiger partial charge in [-0.2, -0.15) is 13.2 Å². The molecular formula is C26H21ClF3NO6. The third kappa shape index (κ3) is 4.82. The second-order valence-electron chi connectivity index (χ2n) is 8.54. The molecule has 1 aliphatic rings. The normalized spacial score (nSPS) is 15.9. The number of rotatable bonds is 5. The number of ether oxygens (including phenoxy) is 2. The van der Waals surface area contributed by atoms with Crippen LogP contribution in [-0.4, -0.2) is 42.1 Å². The van der Waals surface area contributed by atoms with Gasteiger partial charge in [0.05, 0.1) is 5.69 Å². The zero-order valence-corrected chi connectivity index (χ0v) is 20.3. The van der Waals surface area contributed by atoms with E-state index >= 15 is 0 Å². The van der Waals surface area contributed by atoms with Gasteiger partial charge in [-0.05, 0) is 52.6 Å². The minimum Gasteiger partial charge on any atom is -0.482 e. The van der Waals surface area contributed by atoms with E-state index in [-0.39, 0.29) is 34.4 Å². The summed E-state index contributed by atoms with van der Waals surface area (Å²) in [4.78, 5) is 24.0. The number of carbonyl (C=O) groups is 2. The molecule has 0 radical (unpaired) electrons. The van der Waals surface area contributed by atoms with Crippen LogP contribution in [0.15, 0.2) is 60.7 Å². The number of hydrogen-bond donors (Lipinski definition) is 2. The summed E-state index contributed by atoms with van der Waals surface area (Å²) in [6.45, 7) is 0.969. The highest BCUT2D eigenvalue weighted by molar-refractivity contribution is 6.31. The third-order valence-corrected chi connectivity index (χ3v) is 6.71. The van der Waals surface area contributed by atoms with Gasteiger partial charge in [0.25, 0.3) is 5.91 Å². The summed E-state index contributed by atoms with van der Waals surface area (Å²) in [6, 6.07) is 13.9. The molecule has 194 valence electrons. The fraction of sp³-hybridized carbons (Fsp3) is 0.231. The Morgan fingerprint density at radius 3 is 2.46 bits per heavy atom. The van der Waals surface area contributed by atoms with E-state index in [0.29, 0.717) is 11.1 Å². The number of hydrogen-bond acceptors (Lipinski definition) is 5. The van der Waals surface area contributed by atoms with Crippen LogP contribution < -0.4 is 14.4 Å². The van der Waals surface area contributed by atoms with E-state index in [1.807, 2.05) is 0 Å². The SMILES string of the molecule is CC(c1ccc(-c2cccc(OC(=O)O)c2)cc1Cl)C(O)(c1ccc2c(c1)N(C)C(=O)CO2)C(F)(F)F. The van der Waals surface area contributed by atoms with Gasteiger partial charge in [0.2, 0.25) is 0 Å². The smallest absolute Gasteiger partial charge is 0.482 e. The van der Waals surface area contributed by atoms with Gasteiger partial charge in [0, 0.05) is 18.0 Å². The second-order valence-corrected chi connectivity index (χ2v) is 8.95. The van der Waals surface area contributed by atoms with E-state index in [1.54, 1.807) is 12.1 Å². The number of aliphatic hydroxyl groups is 1. The number of nitrogens with zero attached hydrogens (tertiary/aromatic N) is 1. The number of alkyl halides is 3. The summed E-state index contributed by atoms with van der Waals surface area (Å²) in [6.07, 6.45) is -6.60. The zero-order chi connectivity index (χ0) is 27.1. The van der Waals surface area contributed by atoms with Gasteiger partial charge in [0.15, 0.2) is 12.2 Å². The number of halogens is 4. The van der Waals surface area contributed by atoms with Crippen molar-refractivity contribution in [2.75, 3.05) is 18.6 Å². The van der Waals surface area contributed by atoms with E-state index in [0.717, 1.165) is 12.1 Å². The molecule has 0 saturated carbocycles. The largest absolute Gasteiger partial charge is 0.511 e. The predicted molar refractivity (Wildman–Crippen MR) is 129 cm³/mol. The Bertz CT molecular complexity index is 1380. The van der Waals surface area contributed by atoms with Crippen LogP contribution in [0.25, 0.3) is 11.1 Å². The molecule has 2 atom stereocenters. The molecule has 0 fully saturated rings. The fourth-order valence-corrected chi connectivity index (χ4v) is 4.64. The molecule has 3 aromatic rings. The van der Waals surface area contributed by atoms with Crippen LogP contribution >= 0.6 is 11.6 Å². The molecule has 1 amide bonds. The number of benzene rings is 3. The van der Waals surface area contributed by atoms with Crippen molar-refractivity contribution < 1.29 is 42.4 Å². The molecule has 4 rings (SSSR count). The maximum Gasteiger partial charge on any atom is 0.511 e. The Balaban J connectivity index is 1.75. The lowest BCUT2D eigenvalue weighted by atomic mass is 9.77. The van der Waals surface area contributed by atoms with E-state index in [9.17, 15) is 27.9 Å². The van der Waals surface area contributed by atoms with Crippen molar-refractivity contribution in [2.24, 2.45) is 0 Å². The van der Waals surface area contributed by atoms with E-state index in [1.165, 1.54) is 55.3 Å². The first-order chi connectivity index (χ1) is 17.3. The van der Waals surface area contributed by atoms with Crippen LogP contribution in [-0.2, 0) is 10.4 Å². The lowest BCUT2D eigenvalue weighted by Gasteiger charge is -2.38. The molecule has 2 N–H and O–H groups in total. The number of anilines is 1. The molecule has 37 heavy (non-hydrogen) atoms. The molecular weight excluding hydrogens is 515 g/mol. The van der Waals surface area contributed by atoms with Gasteiger partial charge in [-0.25, -0.2) is 4.79 Å². The molecule has 0 aromatic heterocycles. The molecule has 0 aliphatic carbocycles. The molecule has 3 aromatic carbocycles. The fourth-order valence-electron chi connectivity index (χ4n) is 4.29. The van der Waals surface area contributed by atoms with Crippen molar-refractivity contribution in [1.82, 2.24) is 0 Å². The van der Waals surface area contributed by atoms with E-state index in [2.05, 4.69) is 4.74 Å². The zero-order valence-electron chi connectivity index (χ0n) is 19.5. The van der Waals surface area contributed by atoms with E-state index in [4.69, 9.17) is 21.4 Å². The summed E-state index contributed by atoms with van der Waals surface area (Å²) < 4.78 is 53.4. The van der Waals surface area contributed by atoms with Crippen molar-refractivity contribution >= 4 is 29.4 Å². The van der Waals surface area contributed by atoms with E-state index < -0.39 is 35.3 Å². The molecule has 1 aliphatic heterocycles. The van der Waals surface area contributed by atoms with Crippen molar-refractivity contribution in [3.8, 4) is 22.6 Å². The van der Waals surface area contributed by atoms with Gasteiger partial charge in [0.1, 0.15) is 11.5 Å². The Morgan fingerprint density at radius 1 is 1.11 bits per heavy atom. The number of carboxylic acid groups (broad SMARTS) is 1. The van der Waals surface area contributed by atoms with Crippen LogP contribution in [0.1, 0.15) is 24.0 Å². The molecule has 11 heteroatoms. The number of carbonyl (C=O) groups excluding carboxylic acids is 1. The Labute approximate surface area is 214 Å². The van der Waals surface area contributed by atoms with Crippen LogP contribution in [0.2, 0.25) is 5.02 Å². The Kier molecular flexibility index (Phi) is 6.83. The summed E-state index contributed by atoms with van der Waals surface area (Å²) in [5, 5.41) is 20.0. The average molecular weight is 536 g/mol. The maximum absolute atomic E-state index is 14.5. The highest BCUT2D eigenvalue weighted by Crippen LogP contribution is 2.51. The topological polar surface area (TPSA) is 96.3 Å². The first kappa shape index (κ1) is 26.3. The average Bonchev–Trinajstić information content (AvgIpc) is 2.84. The van der Waals surface area contributed by atoms with Gasteiger partial charge >= 0.3 is 12.3 Å². The van der Waals surface area contributed by atoms with Crippen molar-refractivity contribution in [2.45, 2.75) is 24.6 Å². The highest BCUT2D eigenvalue weighted by Gasteiger charge is 2.59. The lowest BCUT2D eigenvalue weighted by Crippen LogP contribution is -2.47. The van der Waals surface area contributed by atoms with Crippen LogP contribution in [0.4, 0.5) is 23.7 Å². The van der Waals surface area contributed by atoms with Crippen LogP contribution in [0.5, 0.6) is 11.5 Å². The predicted octanol–water partition coefficient (Wildman–Crippen LogP) is 5.97. The van der Waals surface area contributed by atoms with Crippen LogP contribution in [0.3, 0.4) is 0 Å². The van der Waals surface area contributed by atoms with Crippen molar-refractivity contribution in [3.05, 3.63) is 76.8 Å². The van der Waals surface area contributed by atoms with Gasteiger partial charge < -0.3 is 24.6 Å². The van der Waals surface area contributed by atoms with Gasteiger partial charge in [-0.3, -0.25) is 4.79 Å². The van der Waals surface area contributed by atoms with Crippen molar-refractivity contribution in [3.63, 3.8) is 0 Å². The summed E-state index contributed by atoms with van der Waals surface area (Å²) in [5.74, 6) is -1.71. The maximum atomic E-state index is 14.5. The minimum absolute atomic E-state index is 0.0292. The summed E-state index contributed by atoms with van der Waals surface area (Å²) in [5.41, 5.74) is -2.68. The first-order valence-corrected chi connectivity index (χ1v) is 11.3. The van der Waals surface area contributed by atoms with Crippen molar-refractivity contribution in [1.29, 1.82) is 0 Å². The van der Waals surface area contributed by atoms with Crippen LogP contribution in [0, 0.1) is 0 Å². The molecule has 0 spiro atoms. The molecule has 1 heterocycles. The number of fused-ring (bicyclic) bond motifs is 1. The lowest BCUT2D eigenvalue weighted by molar-refractivity contribution is -0.274. The Morgan fingerprint density at radius 2 is 1.81 bits per heavy atom. The standard InChI is InChI=1S/C26H21ClF3NO6/c1-14(19-8-6-16(11-20(19)27)15-4-3-5-18(10-15)37-24(33)34)25(35,26(28,29)30)17-7-9-22-21(12-17)31(2)23(32)13-36-22/h3-12,14,35H,13H2,1-2H3,(H,33,34). The third-order valence-electron chi connectivity index (χ3n) is 6.38. The Hall–Kier alpha value is -3.76. The number of likely N-dealkylation sites (N-methyl/N-ethyl adjacent to an activating group) is 1. The monoisotopic (exact) mass is 535 g/mol.